The highest BCUT2D eigenvalue weighted by atomic mass is 16.6. The number of aliphatic hydroxyl groups excluding tert-OH is 1. The highest BCUT2D eigenvalue weighted by Gasteiger charge is 2.56. The molecule has 0 aliphatic carbocycles. The first-order chi connectivity index (χ1) is 8.11. The van der Waals surface area contributed by atoms with Crippen LogP contribution in [0.2, 0.25) is 0 Å². The first-order valence-electron chi connectivity index (χ1n) is 5.82. The Kier molecular flexibility index (Phi) is 2.48. The van der Waals surface area contributed by atoms with Gasteiger partial charge >= 0.3 is 0 Å². The molecule has 0 bridgehead atoms. The van der Waals surface area contributed by atoms with Gasteiger partial charge in [0.1, 0.15) is 23.9 Å². The molecule has 92 valence electrons. The molecule has 2 fully saturated rings. The van der Waals surface area contributed by atoms with Gasteiger partial charge in [-0.25, -0.2) is 0 Å². The summed E-state index contributed by atoms with van der Waals surface area (Å²) in [5.41, 5.74) is 0.778. The third-order valence-electron chi connectivity index (χ3n) is 3.64. The molecule has 2 aliphatic rings. The Balaban J connectivity index is 1.94. The number of rotatable bonds is 1. The molecule has 3 rings (SSSR count). The summed E-state index contributed by atoms with van der Waals surface area (Å²) in [6.07, 6.45) is -1.53. The lowest BCUT2D eigenvalue weighted by Gasteiger charge is -2.27. The second kappa shape index (κ2) is 3.78. The second-order valence-corrected chi connectivity index (χ2v) is 4.89. The molecule has 4 heteroatoms. The standard InChI is InChI=1S/C13H16O4/c1-8-2-4-9(5-3-8)13(15)7-17-11-10(14)6-16-12(11)13/h2-5,10-12,14-15H,6-7H2,1H3/t10-,11+,12-,13-/m0/s1. The van der Waals surface area contributed by atoms with Crippen molar-refractivity contribution in [2.45, 2.75) is 30.8 Å². The van der Waals surface area contributed by atoms with Gasteiger partial charge in [0.25, 0.3) is 0 Å². The topological polar surface area (TPSA) is 58.9 Å². The number of aryl methyl sites for hydroxylation is 1. The van der Waals surface area contributed by atoms with Crippen LogP contribution in [0.15, 0.2) is 24.3 Å². The van der Waals surface area contributed by atoms with E-state index >= 15 is 0 Å². The van der Waals surface area contributed by atoms with E-state index in [-0.39, 0.29) is 13.2 Å². The summed E-state index contributed by atoms with van der Waals surface area (Å²) in [4.78, 5) is 0. The Morgan fingerprint density at radius 2 is 1.94 bits per heavy atom. The van der Waals surface area contributed by atoms with Gasteiger partial charge in [-0.2, -0.15) is 0 Å². The largest absolute Gasteiger partial charge is 0.388 e. The summed E-state index contributed by atoms with van der Waals surface area (Å²) in [5, 5.41) is 20.3. The summed E-state index contributed by atoms with van der Waals surface area (Å²) >= 11 is 0. The normalized spacial score (nSPS) is 40.5. The number of fused-ring (bicyclic) bond motifs is 1. The minimum atomic E-state index is -1.14. The smallest absolute Gasteiger partial charge is 0.141 e. The number of hydrogen-bond donors (Lipinski definition) is 2. The molecule has 4 atom stereocenters. The zero-order valence-electron chi connectivity index (χ0n) is 9.67. The molecule has 0 saturated carbocycles. The zero-order chi connectivity index (χ0) is 12.0. The van der Waals surface area contributed by atoms with Gasteiger partial charge in [0.05, 0.1) is 13.2 Å². The number of benzene rings is 1. The molecule has 2 heterocycles. The van der Waals surface area contributed by atoms with E-state index in [1.165, 1.54) is 0 Å². The number of ether oxygens (including phenoxy) is 2. The van der Waals surface area contributed by atoms with Crippen LogP contribution in [0.4, 0.5) is 0 Å². The Hall–Kier alpha value is -0.940. The van der Waals surface area contributed by atoms with Crippen LogP contribution >= 0.6 is 0 Å². The lowest BCUT2D eigenvalue weighted by atomic mass is 9.88. The molecular weight excluding hydrogens is 220 g/mol. The van der Waals surface area contributed by atoms with E-state index in [0.29, 0.717) is 0 Å². The first-order valence-corrected chi connectivity index (χ1v) is 5.82. The minimum absolute atomic E-state index is 0.169. The average Bonchev–Trinajstić information content (AvgIpc) is 2.84. The molecule has 0 amide bonds. The summed E-state index contributed by atoms with van der Waals surface area (Å²) in [6.45, 7) is 2.39. The van der Waals surface area contributed by atoms with Crippen molar-refractivity contribution < 1.29 is 19.7 Å². The van der Waals surface area contributed by atoms with Crippen molar-refractivity contribution in [2.24, 2.45) is 0 Å². The van der Waals surface area contributed by atoms with Gasteiger partial charge in [0, 0.05) is 0 Å². The van der Waals surface area contributed by atoms with Crippen molar-refractivity contribution in [2.75, 3.05) is 13.2 Å². The van der Waals surface area contributed by atoms with Crippen LogP contribution in [0.1, 0.15) is 11.1 Å². The molecule has 1 aromatic carbocycles. The van der Waals surface area contributed by atoms with Crippen molar-refractivity contribution in [3.05, 3.63) is 35.4 Å². The summed E-state index contributed by atoms with van der Waals surface area (Å²) < 4.78 is 10.9. The van der Waals surface area contributed by atoms with Crippen LogP contribution in [-0.2, 0) is 15.1 Å². The molecule has 0 aromatic heterocycles. The predicted molar refractivity (Wildman–Crippen MR) is 60.6 cm³/mol. The van der Waals surface area contributed by atoms with Gasteiger partial charge in [-0.05, 0) is 12.5 Å². The second-order valence-electron chi connectivity index (χ2n) is 4.89. The average molecular weight is 236 g/mol. The molecule has 4 nitrogen and oxygen atoms in total. The van der Waals surface area contributed by atoms with E-state index < -0.39 is 23.9 Å². The Bertz CT molecular complexity index is 416. The fourth-order valence-corrected chi connectivity index (χ4v) is 2.60. The molecule has 1 aromatic rings. The lowest BCUT2D eigenvalue weighted by molar-refractivity contribution is -0.0738. The van der Waals surface area contributed by atoms with Gasteiger partial charge in [0.2, 0.25) is 0 Å². The van der Waals surface area contributed by atoms with Gasteiger partial charge in [0.15, 0.2) is 0 Å². The van der Waals surface area contributed by atoms with Gasteiger partial charge < -0.3 is 19.7 Å². The summed E-state index contributed by atoms with van der Waals surface area (Å²) in [5.74, 6) is 0. The molecular formula is C13H16O4. The minimum Gasteiger partial charge on any atom is -0.388 e. The van der Waals surface area contributed by atoms with Crippen LogP contribution in [0.25, 0.3) is 0 Å². The van der Waals surface area contributed by atoms with Crippen molar-refractivity contribution in [1.29, 1.82) is 0 Å². The van der Waals surface area contributed by atoms with Gasteiger partial charge in [-0.1, -0.05) is 29.8 Å². The monoisotopic (exact) mass is 236 g/mol. The van der Waals surface area contributed by atoms with Crippen LogP contribution in [0.3, 0.4) is 0 Å². The van der Waals surface area contributed by atoms with E-state index in [9.17, 15) is 10.2 Å². The van der Waals surface area contributed by atoms with E-state index in [0.717, 1.165) is 11.1 Å². The van der Waals surface area contributed by atoms with E-state index in [1.807, 2.05) is 31.2 Å². The van der Waals surface area contributed by atoms with Crippen LogP contribution < -0.4 is 0 Å². The molecule has 0 radical (unpaired) electrons. The Labute approximate surface area is 99.8 Å². The maximum Gasteiger partial charge on any atom is 0.141 e. The fourth-order valence-electron chi connectivity index (χ4n) is 2.60. The quantitative estimate of drug-likeness (QED) is 0.738. The third-order valence-corrected chi connectivity index (χ3v) is 3.64. The predicted octanol–water partition coefficient (Wildman–Crippen LogP) is 0.341. The summed E-state index contributed by atoms with van der Waals surface area (Å²) in [6, 6.07) is 7.67. The highest BCUT2D eigenvalue weighted by Crippen LogP contribution is 2.40. The molecule has 2 aliphatic heterocycles. The van der Waals surface area contributed by atoms with Crippen molar-refractivity contribution >= 4 is 0 Å². The Morgan fingerprint density at radius 1 is 1.24 bits per heavy atom. The zero-order valence-corrected chi connectivity index (χ0v) is 9.67. The highest BCUT2D eigenvalue weighted by molar-refractivity contribution is 5.30. The SMILES string of the molecule is Cc1ccc([C@@]2(O)CO[C@@H]3[C@@H](O)CO[C@@H]32)cc1. The Morgan fingerprint density at radius 3 is 2.65 bits per heavy atom. The van der Waals surface area contributed by atoms with E-state index in [2.05, 4.69) is 0 Å². The molecule has 2 N–H and O–H groups in total. The van der Waals surface area contributed by atoms with Gasteiger partial charge in [-0.3, -0.25) is 0 Å². The van der Waals surface area contributed by atoms with Crippen molar-refractivity contribution in [1.82, 2.24) is 0 Å². The first kappa shape index (κ1) is 11.2. The number of aliphatic hydroxyl groups is 2. The molecule has 0 spiro atoms. The fraction of sp³-hybridized carbons (Fsp3) is 0.538. The molecule has 2 saturated heterocycles. The maximum atomic E-state index is 10.7. The van der Waals surface area contributed by atoms with Gasteiger partial charge in [-0.15, -0.1) is 0 Å². The molecule has 0 unspecified atom stereocenters. The third kappa shape index (κ3) is 1.60. The van der Waals surface area contributed by atoms with E-state index in [1.54, 1.807) is 0 Å². The maximum absolute atomic E-state index is 10.7. The van der Waals surface area contributed by atoms with Crippen LogP contribution in [0, 0.1) is 6.92 Å². The number of hydrogen-bond acceptors (Lipinski definition) is 4. The lowest BCUT2D eigenvalue weighted by Crippen LogP contribution is -2.41. The molecule has 17 heavy (non-hydrogen) atoms. The van der Waals surface area contributed by atoms with Crippen LogP contribution in [0.5, 0.6) is 0 Å². The summed E-state index contributed by atoms with van der Waals surface area (Å²) in [7, 11) is 0. The van der Waals surface area contributed by atoms with Crippen molar-refractivity contribution in [3.8, 4) is 0 Å². The van der Waals surface area contributed by atoms with Crippen molar-refractivity contribution in [3.63, 3.8) is 0 Å². The van der Waals surface area contributed by atoms with E-state index in [4.69, 9.17) is 9.47 Å². The van der Waals surface area contributed by atoms with Crippen LogP contribution in [-0.4, -0.2) is 41.7 Å².